The van der Waals surface area contributed by atoms with Crippen molar-refractivity contribution in [2.45, 2.75) is 97.4 Å². The summed E-state index contributed by atoms with van der Waals surface area (Å²) < 4.78 is 5.75. The first-order chi connectivity index (χ1) is 15.9. The molecule has 1 saturated carbocycles. The Morgan fingerprint density at radius 2 is 1.74 bits per heavy atom. The molecule has 0 aromatic heterocycles. The second-order valence-corrected chi connectivity index (χ2v) is 10.6. The van der Waals surface area contributed by atoms with Gasteiger partial charge in [0, 0.05) is 24.2 Å². The van der Waals surface area contributed by atoms with Crippen molar-refractivity contribution in [1.82, 2.24) is 21.3 Å². The van der Waals surface area contributed by atoms with E-state index in [1.54, 1.807) is 25.2 Å². The van der Waals surface area contributed by atoms with E-state index in [4.69, 9.17) is 4.74 Å². The van der Waals surface area contributed by atoms with Gasteiger partial charge in [-0.15, -0.1) is 0 Å². The number of urea groups is 1. The molecule has 0 saturated heterocycles. The molecule has 8 nitrogen and oxygen atoms in total. The maximum absolute atomic E-state index is 12.9. The monoisotopic (exact) mass is 474 g/mol. The van der Waals surface area contributed by atoms with Crippen molar-refractivity contribution in [3.63, 3.8) is 0 Å². The third-order valence-corrected chi connectivity index (χ3v) is 5.91. The lowest BCUT2D eigenvalue weighted by molar-refractivity contribution is -0.123. The number of rotatable bonds is 8. The molecule has 0 bridgehead atoms. The van der Waals surface area contributed by atoms with Crippen molar-refractivity contribution in [3.8, 4) is 5.75 Å². The molecule has 4 amide bonds. The summed E-state index contributed by atoms with van der Waals surface area (Å²) >= 11 is 0. The number of hydrogen-bond acceptors (Lipinski definition) is 4. The molecule has 34 heavy (non-hydrogen) atoms. The standard InChI is InChI=1S/C26H42N4O4/c1-16(2)34-22-13-10-19(14-17(22)3)23(31)29-21(24(32)27-7)15-18-8-11-20(12-9-18)28-25(33)30-26(4,5)6/h10,13-14,16,18,20-21H,8-9,11-12,15H2,1-7H3,(H,27,32)(H,29,31)(H2,28,30,33). The smallest absolute Gasteiger partial charge is 0.315 e. The molecule has 1 aromatic carbocycles. The fourth-order valence-electron chi connectivity index (χ4n) is 4.26. The minimum Gasteiger partial charge on any atom is -0.491 e. The van der Waals surface area contributed by atoms with Gasteiger partial charge in [-0.1, -0.05) is 0 Å². The predicted octanol–water partition coefficient (Wildman–Crippen LogP) is 3.67. The highest BCUT2D eigenvalue weighted by Gasteiger charge is 2.29. The SMILES string of the molecule is CNC(=O)C(CC1CCC(NC(=O)NC(C)(C)C)CC1)NC(=O)c1ccc(OC(C)C)c(C)c1. The van der Waals surface area contributed by atoms with E-state index < -0.39 is 6.04 Å². The van der Waals surface area contributed by atoms with Gasteiger partial charge in [0.05, 0.1) is 6.10 Å². The van der Waals surface area contributed by atoms with Gasteiger partial charge >= 0.3 is 6.03 Å². The maximum Gasteiger partial charge on any atom is 0.315 e. The molecule has 0 heterocycles. The fraction of sp³-hybridized carbons (Fsp3) is 0.654. The van der Waals surface area contributed by atoms with Crippen molar-refractivity contribution >= 4 is 17.8 Å². The van der Waals surface area contributed by atoms with Gasteiger partial charge in [-0.05, 0) is 103 Å². The number of likely N-dealkylation sites (N-methyl/N-ethyl adjacent to an activating group) is 1. The fourth-order valence-corrected chi connectivity index (χ4v) is 4.26. The molecule has 1 unspecified atom stereocenters. The average molecular weight is 475 g/mol. The van der Waals surface area contributed by atoms with E-state index in [0.29, 0.717) is 17.9 Å². The number of hydrogen-bond donors (Lipinski definition) is 4. The van der Waals surface area contributed by atoms with E-state index in [-0.39, 0.29) is 35.5 Å². The van der Waals surface area contributed by atoms with E-state index in [1.807, 2.05) is 41.5 Å². The van der Waals surface area contributed by atoms with Crippen LogP contribution in [-0.4, -0.2) is 48.6 Å². The second-order valence-electron chi connectivity index (χ2n) is 10.6. The van der Waals surface area contributed by atoms with Crippen LogP contribution in [0, 0.1) is 12.8 Å². The van der Waals surface area contributed by atoms with Crippen LogP contribution in [0.4, 0.5) is 4.79 Å². The Labute approximate surface area is 204 Å². The summed E-state index contributed by atoms with van der Waals surface area (Å²) in [5, 5.41) is 11.6. The summed E-state index contributed by atoms with van der Waals surface area (Å²) in [5.74, 6) is 0.572. The highest BCUT2D eigenvalue weighted by Crippen LogP contribution is 2.28. The summed E-state index contributed by atoms with van der Waals surface area (Å²) in [4.78, 5) is 37.6. The third-order valence-electron chi connectivity index (χ3n) is 5.91. The zero-order chi connectivity index (χ0) is 25.5. The van der Waals surface area contributed by atoms with Gasteiger partial charge in [-0.2, -0.15) is 0 Å². The summed E-state index contributed by atoms with van der Waals surface area (Å²) in [6.07, 6.45) is 4.11. The van der Waals surface area contributed by atoms with Crippen LogP contribution in [0.15, 0.2) is 18.2 Å². The first-order valence-corrected chi connectivity index (χ1v) is 12.3. The number of nitrogens with one attached hydrogen (secondary N) is 4. The maximum atomic E-state index is 12.9. The van der Waals surface area contributed by atoms with Crippen LogP contribution < -0.4 is 26.0 Å². The largest absolute Gasteiger partial charge is 0.491 e. The molecule has 0 spiro atoms. The van der Waals surface area contributed by atoms with Gasteiger partial charge in [-0.25, -0.2) is 4.79 Å². The van der Waals surface area contributed by atoms with Crippen molar-refractivity contribution in [3.05, 3.63) is 29.3 Å². The van der Waals surface area contributed by atoms with Gasteiger partial charge in [0.2, 0.25) is 5.91 Å². The third kappa shape index (κ3) is 8.88. The molecular formula is C26H42N4O4. The van der Waals surface area contributed by atoms with Crippen LogP contribution in [0.1, 0.15) is 82.6 Å². The molecule has 2 rings (SSSR count). The van der Waals surface area contributed by atoms with Crippen LogP contribution in [0.3, 0.4) is 0 Å². The number of benzene rings is 1. The second kappa shape index (κ2) is 12.1. The summed E-state index contributed by atoms with van der Waals surface area (Å²) in [6, 6.07) is 4.67. The molecule has 8 heteroatoms. The number of aryl methyl sites for hydroxylation is 1. The Kier molecular flexibility index (Phi) is 9.77. The Morgan fingerprint density at radius 1 is 1.09 bits per heavy atom. The summed E-state index contributed by atoms with van der Waals surface area (Å²) in [7, 11) is 1.58. The minimum absolute atomic E-state index is 0.0502. The predicted molar refractivity (Wildman–Crippen MR) is 134 cm³/mol. The van der Waals surface area contributed by atoms with E-state index in [0.717, 1.165) is 37.0 Å². The molecule has 1 aliphatic carbocycles. The molecule has 1 fully saturated rings. The molecule has 1 aliphatic rings. The molecule has 1 aromatic rings. The average Bonchev–Trinajstić information content (AvgIpc) is 2.73. The van der Waals surface area contributed by atoms with Crippen LogP contribution in [-0.2, 0) is 4.79 Å². The molecule has 4 N–H and O–H groups in total. The van der Waals surface area contributed by atoms with Crippen molar-refractivity contribution in [2.75, 3.05) is 7.05 Å². The van der Waals surface area contributed by atoms with Crippen LogP contribution >= 0.6 is 0 Å². The zero-order valence-corrected chi connectivity index (χ0v) is 21.7. The number of amides is 4. The first-order valence-electron chi connectivity index (χ1n) is 12.3. The Hall–Kier alpha value is -2.77. The lowest BCUT2D eigenvalue weighted by Gasteiger charge is -2.32. The summed E-state index contributed by atoms with van der Waals surface area (Å²) in [5.41, 5.74) is 1.10. The zero-order valence-electron chi connectivity index (χ0n) is 21.7. The quantitative estimate of drug-likeness (QED) is 0.461. The van der Waals surface area contributed by atoms with Gasteiger partial charge < -0.3 is 26.0 Å². The Morgan fingerprint density at radius 3 is 2.26 bits per heavy atom. The Balaban J connectivity index is 1.93. The highest BCUT2D eigenvalue weighted by molar-refractivity contribution is 5.97. The van der Waals surface area contributed by atoms with Gasteiger partial charge in [-0.3, -0.25) is 9.59 Å². The first kappa shape index (κ1) is 27.5. The van der Waals surface area contributed by atoms with Crippen LogP contribution in [0.25, 0.3) is 0 Å². The number of ether oxygens (including phenoxy) is 1. The van der Waals surface area contributed by atoms with E-state index >= 15 is 0 Å². The molecule has 0 aliphatic heterocycles. The van der Waals surface area contributed by atoms with Crippen LogP contribution in [0.2, 0.25) is 0 Å². The lowest BCUT2D eigenvalue weighted by Crippen LogP contribution is -2.50. The topological polar surface area (TPSA) is 109 Å². The molecular weight excluding hydrogens is 432 g/mol. The van der Waals surface area contributed by atoms with Crippen molar-refractivity contribution in [1.29, 1.82) is 0 Å². The van der Waals surface area contributed by atoms with E-state index in [2.05, 4.69) is 21.3 Å². The Bertz CT molecular complexity index is 855. The molecule has 190 valence electrons. The van der Waals surface area contributed by atoms with Gasteiger partial charge in [0.15, 0.2) is 0 Å². The van der Waals surface area contributed by atoms with Gasteiger partial charge in [0.1, 0.15) is 11.8 Å². The van der Waals surface area contributed by atoms with E-state index in [1.165, 1.54) is 0 Å². The van der Waals surface area contributed by atoms with Crippen molar-refractivity contribution in [2.24, 2.45) is 5.92 Å². The normalized spacial score (nSPS) is 19.2. The number of carbonyl (C=O) groups excluding carboxylic acids is 3. The lowest BCUT2D eigenvalue weighted by atomic mass is 9.82. The molecule has 1 atom stereocenters. The molecule has 0 radical (unpaired) electrons. The van der Waals surface area contributed by atoms with Crippen LogP contribution in [0.5, 0.6) is 5.75 Å². The highest BCUT2D eigenvalue weighted by atomic mass is 16.5. The number of carbonyl (C=O) groups is 3. The van der Waals surface area contributed by atoms with E-state index in [9.17, 15) is 14.4 Å². The van der Waals surface area contributed by atoms with Crippen molar-refractivity contribution < 1.29 is 19.1 Å². The summed E-state index contributed by atoms with van der Waals surface area (Å²) in [6.45, 7) is 11.7. The van der Waals surface area contributed by atoms with Gasteiger partial charge in [0.25, 0.3) is 5.91 Å². The minimum atomic E-state index is -0.608.